The van der Waals surface area contributed by atoms with Crippen molar-refractivity contribution in [2.24, 2.45) is 0 Å². The Labute approximate surface area is 139 Å². The van der Waals surface area contributed by atoms with Crippen LogP contribution in [-0.4, -0.2) is 17.4 Å². The van der Waals surface area contributed by atoms with Crippen molar-refractivity contribution in [1.82, 2.24) is 10.3 Å². The molecule has 0 saturated heterocycles. The molecule has 0 aliphatic carbocycles. The van der Waals surface area contributed by atoms with Crippen LogP contribution in [0.25, 0.3) is 16.3 Å². The molecule has 4 heteroatoms. The summed E-state index contributed by atoms with van der Waals surface area (Å²) in [6.07, 6.45) is 3.39. The molecule has 0 aliphatic rings. The second-order valence-corrected chi connectivity index (χ2v) is 6.47. The molecule has 3 rings (SSSR count). The first-order chi connectivity index (χ1) is 11.2. The van der Waals surface area contributed by atoms with Crippen LogP contribution in [0, 0.1) is 0 Å². The number of nitrogens with one attached hydrogen (secondary N) is 1. The zero-order chi connectivity index (χ0) is 16.1. The van der Waals surface area contributed by atoms with Crippen molar-refractivity contribution in [3.05, 3.63) is 71.2 Å². The van der Waals surface area contributed by atoms with E-state index in [4.69, 9.17) is 0 Å². The monoisotopic (exact) mass is 322 g/mol. The number of aromatic nitrogens is 1. The van der Waals surface area contributed by atoms with Gasteiger partial charge in [0.2, 0.25) is 5.91 Å². The fourth-order valence-corrected chi connectivity index (χ4v) is 3.26. The quantitative estimate of drug-likeness (QED) is 0.714. The van der Waals surface area contributed by atoms with Gasteiger partial charge in [0.25, 0.3) is 0 Å². The summed E-state index contributed by atoms with van der Waals surface area (Å²) in [5, 5.41) is 3.99. The number of hydrogen-bond acceptors (Lipinski definition) is 3. The van der Waals surface area contributed by atoms with Gasteiger partial charge in [-0.2, -0.15) is 0 Å². The Morgan fingerprint density at radius 2 is 1.91 bits per heavy atom. The third kappa shape index (κ3) is 4.05. The molecular weight excluding hydrogens is 304 g/mol. The molecule has 1 unspecified atom stereocenters. The predicted molar refractivity (Wildman–Crippen MR) is 96.5 cm³/mol. The minimum Gasteiger partial charge on any atom is -0.352 e. The van der Waals surface area contributed by atoms with Crippen LogP contribution in [0.2, 0.25) is 0 Å². The van der Waals surface area contributed by atoms with Gasteiger partial charge >= 0.3 is 0 Å². The van der Waals surface area contributed by atoms with E-state index >= 15 is 0 Å². The summed E-state index contributed by atoms with van der Waals surface area (Å²) >= 11 is 1.69. The molecule has 3 aromatic rings. The van der Waals surface area contributed by atoms with E-state index in [0.29, 0.717) is 6.54 Å². The number of carbonyl (C=O) groups excluding carboxylic acids is 1. The second-order valence-electron chi connectivity index (χ2n) is 5.41. The summed E-state index contributed by atoms with van der Waals surface area (Å²) in [7, 11) is 0. The summed E-state index contributed by atoms with van der Waals surface area (Å²) in [5.74, 6) is 0.114. The highest BCUT2D eigenvalue weighted by atomic mass is 32.1. The summed E-state index contributed by atoms with van der Waals surface area (Å²) in [4.78, 5) is 16.5. The van der Waals surface area contributed by atoms with E-state index in [2.05, 4.69) is 23.3 Å². The molecule has 1 heterocycles. The fraction of sp³-hybridized carbons (Fsp3) is 0.158. The van der Waals surface area contributed by atoms with Crippen molar-refractivity contribution in [2.75, 3.05) is 6.54 Å². The lowest BCUT2D eigenvalue weighted by molar-refractivity contribution is -0.116. The Bertz CT molecular complexity index is 791. The molecular formula is C19H18N2OS. The number of carbonyl (C=O) groups is 1. The fourth-order valence-electron chi connectivity index (χ4n) is 2.24. The van der Waals surface area contributed by atoms with Gasteiger partial charge in [0.1, 0.15) is 0 Å². The van der Waals surface area contributed by atoms with Crippen molar-refractivity contribution >= 4 is 33.5 Å². The Hall–Kier alpha value is -2.46. The van der Waals surface area contributed by atoms with E-state index < -0.39 is 0 Å². The Balaban J connectivity index is 1.57. The van der Waals surface area contributed by atoms with Gasteiger partial charge < -0.3 is 5.32 Å². The molecule has 1 amide bonds. The first kappa shape index (κ1) is 15.4. The van der Waals surface area contributed by atoms with Gasteiger partial charge in [0.05, 0.1) is 15.2 Å². The maximum atomic E-state index is 11.9. The molecule has 0 aliphatic heterocycles. The number of thiazole rings is 1. The number of benzene rings is 2. The number of para-hydroxylation sites is 1. The van der Waals surface area contributed by atoms with Gasteiger partial charge in [-0.05, 0) is 23.8 Å². The van der Waals surface area contributed by atoms with Gasteiger partial charge in [0.15, 0.2) is 0 Å². The van der Waals surface area contributed by atoms with Gasteiger partial charge in [-0.3, -0.25) is 4.79 Å². The first-order valence-electron chi connectivity index (χ1n) is 7.59. The van der Waals surface area contributed by atoms with Gasteiger partial charge in [-0.15, -0.1) is 11.3 Å². The molecule has 0 radical (unpaired) electrons. The molecule has 0 spiro atoms. The summed E-state index contributed by atoms with van der Waals surface area (Å²) < 4.78 is 1.18. The van der Waals surface area contributed by atoms with E-state index in [1.807, 2.05) is 54.6 Å². The zero-order valence-electron chi connectivity index (χ0n) is 12.9. The Morgan fingerprint density at radius 3 is 2.70 bits per heavy atom. The SMILES string of the molecule is CC(CNC(=O)/C=C/c1ccccc1)c1nc2ccccc2s1. The molecule has 1 aromatic heterocycles. The van der Waals surface area contributed by atoms with E-state index in [1.54, 1.807) is 17.4 Å². The highest BCUT2D eigenvalue weighted by Crippen LogP contribution is 2.26. The van der Waals surface area contributed by atoms with Crippen molar-refractivity contribution < 1.29 is 4.79 Å². The van der Waals surface area contributed by atoms with Crippen molar-refractivity contribution in [1.29, 1.82) is 0 Å². The van der Waals surface area contributed by atoms with Gasteiger partial charge in [0, 0.05) is 18.5 Å². The lowest BCUT2D eigenvalue weighted by Gasteiger charge is -2.08. The van der Waals surface area contributed by atoms with E-state index in [1.165, 1.54) is 4.70 Å². The Morgan fingerprint density at radius 1 is 1.17 bits per heavy atom. The first-order valence-corrected chi connectivity index (χ1v) is 8.40. The third-order valence-electron chi connectivity index (χ3n) is 3.54. The van der Waals surface area contributed by atoms with Crippen LogP contribution in [-0.2, 0) is 4.79 Å². The summed E-state index contributed by atoms with van der Waals surface area (Å²) in [6.45, 7) is 2.66. The predicted octanol–water partition coefficient (Wildman–Crippen LogP) is 4.23. The second kappa shape index (κ2) is 7.20. The smallest absolute Gasteiger partial charge is 0.244 e. The minimum atomic E-state index is -0.0817. The molecule has 0 saturated carbocycles. The van der Waals surface area contributed by atoms with E-state index in [9.17, 15) is 4.79 Å². The third-order valence-corrected chi connectivity index (χ3v) is 4.81. The normalized spacial score (nSPS) is 12.6. The molecule has 116 valence electrons. The standard InChI is InChI=1S/C19H18N2OS/c1-14(19-21-16-9-5-6-10-17(16)23-19)13-20-18(22)12-11-15-7-3-2-4-8-15/h2-12,14H,13H2,1H3,(H,20,22)/b12-11+. The minimum absolute atomic E-state index is 0.0817. The van der Waals surface area contributed by atoms with E-state index in [0.717, 1.165) is 16.1 Å². The van der Waals surface area contributed by atoms with Crippen LogP contribution >= 0.6 is 11.3 Å². The average Bonchev–Trinajstić information content (AvgIpc) is 3.03. The van der Waals surface area contributed by atoms with Crippen LogP contribution in [0.15, 0.2) is 60.7 Å². The van der Waals surface area contributed by atoms with Crippen LogP contribution in [0.5, 0.6) is 0 Å². The molecule has 1 N–H and O–H groups in total. The maximum absolute atomic E-state index is 11.9. The van der Waals surface area contributed by atoms with Gasteiger partial charge in [-0.25, -0.2) is 4.98 Å². The van der Waals surface area contributed by atoms with Crippen molar-refractivity contribution in [3.63, 3.8) is 0 Å². The van der Waals surface area contributed by atoms with Crippen LogP contribution in [0.1, 0.15) is 23.4 Å². The molecule has 23 heavy (non-hydrogen) atoms. The number of rotatable bonds is 5. The lowest BCUT2D eigenvalue weighted by atomic mass is 10.2. The molecule has 0 bridgehead atoms. The number of amides is 1. The largest absolute Gasteiger partial charge is 0.352 e. The van der Waals surface area contributed by atoms with Crippen LogP contribution in [0.4, 0.5) is 0 Å². The van der Waals surface area contributed by atoms with Crippen LogP contribution in [0.3, 0.4) is 0 Å². The maximum Gasteiger partial charge on any atom is 0.244 e. The summed E-state index contributed by atoms with van der Waals surface area (Å²) in [5.41, 5.74) is 2.04. The summed E-state index contributed by atoms with van der Waals surface area (Å²) in [6, 6.07) is 17.9. The highest BCUT2D eigenvalue weighted by molar-refractivity contribution is 7.18. The number of fused-ring (bicyclic) bond motifs is 1. The topological polar surface area (TPSA) is 42.0 Å². The van der Waals surface area contributed by atoms with Crippen molar-refractivity contribution in [3.8, 4) is 0 Å². The highest BCUT2D eigenvalue weighted by Gasteiger charge is 2.11. The van der Waals surface area contributed by atoms with Crippen molar-refractivity contribution in [2.45, 2.75) is 12.8 Å². The molecule has 3 nitrogen and oxygen atoms in total. The average molecular weight is 322 g/mol. The molecule has 2 aromatic carbocycles. The number of hydrogen-bond donors (Lipinski definition) is 1. The number of nitrogens with zero attached hydrogens (tertiary/aromatic N) is 1. The van der Waals surface area contributed by atoms with Crippen LogP contribution < -0.4 is 5.32 Å². The lowest BCUT2D eigenvalue weighted by Crippen LogP contribution is -2.25. The van der Waals surface area contributed by atoms with E-state index in [-0.39, 0.29) is 11.8 Å². The molecule has 0 fully saturated rings. The Kier molecular flexibility index (Phi) is 4.83. The zero-order valence-corrected chi connectivity index (χ0v) is 13.7. The molecule has 1 atom stereocenters. The van der Waals surface area contributed by atoms with Gasteiger partial charge in [-0.1, -0.05) is 49.4 Å².